The van der Waals surface area contributed by atoms with Crippen LogP contribution in [0, 0.1) is 0 Å². The van der Waals surface area contributed by atoms with E-state index in [2.05, 4.69) is 5.32 Å². The van der Waals surface area contributed by atoms with E-state index in [9.17, 15) is 14.4 Å². The van der Waals surface area contributed by atoms with Crippen molar-refractivity contribution in [2.75, 3.05) is 13.7 Å². The second-order valence-corrected chi connectivity index (χ2v) is 7.80. The Morgan fingerprint density at radius 3 is 2.67 bits per heavy atom. The third-order valence-corrected chi connectivity index (χ3v) is 5.53. The Labute approximate surface area is 177 Å². The number of amides is 1. The number of hydrogen-bond acceptors (Lipinski definition) is 4. The average Bonchev–Trinajstić information content (AvgIpc) is 2.78. The maximum Gasteiger partial charge on any atom is 0.263 e. The Hall–Kier alpha value is -2.73. The molecule has 0 radical (unpaired) electrons. The van der Waals surface area contributed by atoms with Crippen molar-refractivity contribution in [1.82, 2.24) is 9.88 Å². The number of carbonyl (C=O) groups excluding carboxylic acids is 2. The maximum absolute atomic E-state index is 12.8. The number of Topliss-reactive ketones (excluding diaryl/α,β-unsaturated/α-hetero) is 1. The van der Waals surface area contributed by atoms with Crippen LogP contribution in [0.2, 0.25) is 0 Å². The van der Waals surface area contributed by atoms with Gasteiger partial charge in [-0.2, -0.15) is 0 Å². The summed E-state index contributed by atoms with van der Waals surface area (Å²) in [6.07, 6.45) is 8.43. The molecule has 1 N–H and O–H groups in total. The molecule has 1 aliphatic heterocycles. The van der Waals surface area contributed by atoms with E-state index in [1.165, 1.54) is 24.1 Å². The topological polar surface area (TPSA) is 77.4 Å². The first-order chi connectivity index (χ1) is 14.6. The quantitative estimate of drug-likeness (QED) is 0.506. The first-order valence-corrected chi connectivity index (χ1v) is 10.7. The normalized spacial score (nSPS) is 16.2. The van der Waals surface area contributed by atoms with Crippen molar-refractivity contribution >= 4 is 11.7 Å². The monoisotopic (exact) mass is 410 g/mol. The molecule has 1 aliphatic rings. The molecule has 0 saturated carbocycles. The second-order valence-electron chi connectivity index (χ2n) is 7.80. The van der Waals surface area contributed by atoms with Crippen LogP contribution < -0.4 is 10.9 Å². The van der Waals surface area contributed by atoms with Gasteiger partial charge in [0.2, 0.25) is 0 Å². The van der Waals surface area contributed by atoms with E-state index in [1.807, 2.05) is 30.3 Å². The lowest BCUT2D eigenvalue weighted by Gasteiger charge is -2.22. The number of benzene rings is 1. The minimum absolute atomic E-state index is 0.00473. The molecule has 1 aromatic heterocycles. The number of pyridine rings is 1. The van der Waals surface area contributed by atoms with Gasteiger partial charge in [0.05, 0.1) is 12.6 Å². The van der Waals surface area contributed by atoms with E-state index >= 15 is 0 Å². The Morgan fingerprint density at radius 2 is 1.97 bits per heavy atom. The number of rotatable bonds is 9. The number of carbonyl (C=O) groups is 2. The lowest BCUT2D eigenvalue weighted by Crippen LogP contribution is -2.32. The summed E-state index contributed by atoms with van der Waals surface area (Å²) >= 11 is 0. The second kappa shape index (κ2) is 10.9. The summed E-state index contributed by atoms with van der Waals surface area (Å²) in [6, 6.07) is 10.9. The highest BCUT2D eigenvalue weighted by molar-refractivity contribution is 6.00. The minimum Gasteiger partial charge on any atom is -0.378 e. The number of nitrogens with zero attached hydrogens (tertiary/aromatic N) is 1. The van der Waals surface area contributed by atoms with Crippen LogP contribution in [0.5, 0.6) is 0 Å². The van der Waals surface area contributed by atoms with Crippen molar-refractivity contribution in [3.63, 3.8) is 0 Å². The number of hydrogen-bond donors (Lipinski definition) is 1. The number of unbranched alkanes of at least 4 members (excludes halogenated alkanes) is 1. The lowest BCUT2D eigenvalue weighted by molar-refractivity contribution is 0.00979. The third kappa shape index (κ3) is 5.89. The molecule has 0 bridgehead atoms. The standard InChI is InChI=1S/C24H30N2O4/c1-25-23(28)21-15-19(17-26(24(21)29)16-18-9-3-2-4-10-18)22(27)13-6-5-11-20-12-7-8-14-30-20/h2-4,9-10,15,17,20H,5-8,11-14,16H2,1H3,(H,25,28). The van der Waals surface area contributed by atoms with E-state index < -0.39 is 11.5 Å². The highest BCUT2D eigenvalue weighted by Gasteiger charge is 2.18. The van der Waals surface area contributed by atoms with Crippen LogP contribution >= 0.6 is 0 Å². The van der Waals surface area contributed by atoms with Crippen LogP contribution in [0.3, 0.4) is 0 Å². The van der Waals surface area contributed by atoms with Crippen molar-refractivity contribution in [3.8, 4) is 0 Å². The summed E-state index contributed by atoms with van der Waals surface area (Å²) in [5, 5.41) is 2.49. The fourth-order valence-electron chi connectivity index (χ4n) is 3.82. The zero-order chi connectivity index (χ0) is 21.3. The van der Waals surface area contributed by atoms with E-state index in [1.54, 1.807) is 6.20 Å². The number of nitrogens with one attached hydrogen (secondary N) is 1. The van der Waals surface area contributed by atoms with Crippen molar-refractivity contribution in [2.24, 2.45) is 0 Å². The first-order valence-electron chi connectivity index (χ1n) is 10.7. The molecular weight excluding hydrogens is 380 g/mol. The summed E-state index contributed by atoms with van der Waals surface area (Å²) < 4.78 is 7.19. The van der Waals surface area contributed by atoms with Crippen LogP contribution in [-0.4, -0.2) is 36.0 Å². The van der Waals surface area contributed by atoms with Crippen molar-refractivity contribution in [2.45, 2.75) is 57.6 Å². The largest absolute Gasteiger partial charge is 0.378 e. The minimum atomic E-state index is -0.481. The van der Waals surface area contributed by atoms with Crippen molar-refractivity contribution in [3.05, 3.63) is 69.6 Å². The van der Waals surface area contributed by atoms with E-state index in [0.717, 1.165) is 44.3 Å². The zero-order valence-corrected chi connectivity index (χ0v) is 17.6. The predicted octanol–water partition coefficient (Wildman–Crippen LogP) is 3.57. The third-order valence-electron chi connectivity index (χ3n) is 5.53. The van der Waals surface area contributed by atoms with Gasteiger partial charge < -0.3 is 14.6 Å². The molecule has 3 rings (SSSR count). The zero-order valence-electron chi connectivity index (χ0n) is 17.6. The Bertz CT molecular complexity index is 915. The number of aromatic nitrogens is 1. The molecule has 1 saturated heterocycles. The van der Waals surface area contributed by atoms with E-state index in [4.69, 9.17) is 4.74 Å². The van der Waals surface area contributed by atoms with E-state index in [0.29, 0.717) is 24.6 Å². The predicted molar refractivity (Wildman–Crippen MR) is 116 cm³/mol. The van der Waals surface area contributed by atoms with Gasteiger partial charge in [0.15, 0.2) is 5.78 Å². The van der Waals surface area contributed by atoms with Gasteiger partial charge in [-0.1, -0.05) is 36.8 Å². The SMILES string of the molecule is CNC(=O)c1cc(C(=O)CCCCC2CCCCO2)cn(Cc2ccccc2)c1=O. The molecule has 2 heterocycles. The van der Waals surface area contributed by atoms with Crippen LogP contribution in [0.25, 0.3) is 0 Å². The molecule has 2 aromatic rings. The number of ketones is 1. The lowest BCUT2D eigenvalue weighted by atomic mass is 10.0. The summed E-state index contributed by atoms with van der Waals surface area (Å²) in [5.74, 6) is -0.530. The summed E-state index contributed by atoms with van der Waals surface area (Å²) in [6.45, 7) is 1.15. The van der Waals surface area contributed by atoms with Gasteiger partial charge in [0.25, 0.3) is 11.5 Å². The summed E-state index contributed by atoms with van der Waals surface area (Å²) in [4.78, 5) is 37.8. The molecule has 0 spiro atoms. The van der Waals surface area contributed by atoms with Crippen LogP contribution in [0.1, 0.15) is 71.2 Å². The molecule has 1 aromatic carbocycles. The number of ether oxygens (including phenoxy) is 1. The maximum atomic E-state index is 12.8. The van der Waals surface area contributed by atoms with E-state index in [-0.39, 0.29) is 11.3 Å². The van der Waals surface area contributed by atoms with Crippen LogP contribution in [0.4, 0.5) is 0 Å². The molecule has 160 valence electrons. The van der Waals surface area contributed by atoms with Gasteiger partial charge >= 0.3 is 0 Å². The van der Waals surface area contributed by atoms with Crippen LogP contribution in [0.15, 0.2) is 47.4 Å². The van der Waals surface area contributed by atoms with Crippen molar-refractivity contribution < 1.29 is 14.3 Å². The molecule has 6 nitrogen and oxygen atoms in total. The molecular formula is C24H30N2O4. The highest BCUT2D eigenvalue weighted by atomic mass is 16.5. The first kappa shape index (κ1) is 22.0. The van der Waals surface area contributed by atoms with Gasteiger partial charge in [0, 0.05) is 31.8 Å². The van der Waals surface area contributed by atoms with Crippen molar-refractivity contribution in [1.29, 1.82) is 0 Å². The molecule has 6 heteroatoms. The van der Waals surface area contributed by atoms with Gasteiger partial charge in [-0.05, 0) is 43.7 Å². The van der Waals surface area contributed by atoms with Gasteiger partial charge in [0.1, 0.15) is 5.56 Å². The molecule has 1 atom stereocenters. The van der Waals surface area contributed by atoms with Gasteiger partial charge in [-0.15, -0.1) is 0 Å². The fraction of sp³-hybridized carbons (Fsp3) is 0.458. The molecule has 30 heavy (non-hydrogen) atoms. The van der Waals surface area contributed by atoms with Gasteiger partial charge in [-0.3, -0.25) is 14.4 Å². The molecule has 1 fully saturated rings. The molecule has 1 unspecified atom stereocenters. The Morgan fingerprint density at radius 1 is 1.17 bits per heavy atom. The Balaban J connectivity index is 1.70. The summed E-state index contributed by atoms with van der Waals surface area (Å²) in [7, 11) is 1.48. The van der Waals surface area contributed by atoms with Crippen LogP contribution in [-0.2, 0) is 11.3 Å². The smallest absolute Gasteiger partial charge is 0.263 e. The molecule has 1 amide bonds. The Kier molecular flexibility index (Phi) is 7.97. The average molecular weight is 411 g/mol. The molecule has 0 aliphatic carbocycles. The highest BCUT2D eigenvalue weighted by Crippen LogP contribution is 2.19. The fourth-order valence-corrected chi connectivity index (χ4v) is 3.82. The van der Waals surface area contributed by atoms with Gasteiger partial charge in [-0.25, -0.2) is 0 Å². The summed E-state index contributed by atoms with van der Waals surface area (Å²) in [5.41, 5.74) is 0.927.